The number of ether oxygens (including phenoxy) is 2. The number of hydrogen-bond acceptors (Lipinski definition) is 5. The quantitative estimate of drug-likeness (QED) is 0.147. The lowest BCUT2D eigenvalue weighted by atomic mass is 10.0. The fraction of sp³-hybridized carbons (Fsp3) is 0.0385. The number of rotatable bonds is 8. The molecule has 0 atom stereocenters. The van der Waals surface area contributed by atoms with Gasteiger partial charge in [0.15, 0.2) is 5.78 Å². The number of nitro benzene ring substituents is 1. The zero-order chi connectivity index (χ0) is 23.2. The van der Waals surface area contributed by atoms with Crippen molar-refractivity contribution in [3.63, 3.8) is 0 Å². The summed E-state index contributed by atoms with van der Waals surface area (Å²) in [7, 11) is 0. The van der Waals surface area contributed by atoms with E-state index in [2.05, 4.69) is 15.9 Å². The molecular formula is C26H18BrNO5. The molecule has 164 valence electrons. The first-order chi connectivity index (χ1) is 16.0. The lowest BCUT2D eigenvalue weighted by Crippen LogP contribution is -2.03. The molecule has 0 amide bonds. The number of nitrogens with zero attached hydrogens (tertiary/aromatic N) is 1. The second-order valence-corrected chi connectivity index (χ2v) is 8.04. The average Bonchev–Trinajstić information content (AvgIpc) is 2.84. The lowest BCUT2D eigenvalue weighted by molar-refractivity contribution is -0.385. The van der Waals surface area contributed by atoms with E-state index in [0.29, 0.717) is 23.7 Å². The highest BCUT2D eigenvalue weighted by Gasteiger charge is 2.20. The maximum Gasteiger partial charge on any atom is 0.312 e. The van der Waals surface area contributed by atoms with Crippen molar-refractivity contribution in [3.8, 4) is 17.2 Å². The average molecular weight is 504 g/mol. The van der Waals surface area contributed by atoms with Crippen molar-refractivity contribution < 1.29 is 19.2 Å². The van der Waals surface area contributed by atoms with Gasteiger partial charge in [-0.15, -0.1) is 0 Å². The van der Waals surface area contributed by atoms with Crippen molar-refractivity contribution in [2.75, 3.05) is 0 Å². The molecule has 0 unspecified atom stereocenters. The summed E-state index contributed by atoms with van der Waals surface area (Å²) in [6, 6.07) is 27.6. The number of benzene rings is 4. The maximum absolute atomic E-state index is 12.7. The minimum absolute atomic E-state index is 0.0466. The topological polar surface area (TPSA) is 78.7 Å². The van der Waals surface area contributed by atoms with E-state index in [1.807, 2.05) is 30.3 Å². The van der Waals surface area contributed by atoms with Gasteiger partial charge in [0.25, 0.3) is 0 Å². The Morgan fingerprint density at radius 3 is 2.12 bits per heavy atom. The molecule has 4 aromatic rings. The highest BCUT2D eigenvalue weighted by Crippen LogP contribution is 2.33. The molecule has 0 aromatic heterocycles. The van der Waals surface area contributed by atoms with Crippen LogP contribution in [0.15, 0.2) is 102 Å². The summed E-state index contributed by atoms with van der Waals surface area (Å²) in [6.07, 6.45) is 0. The summed E-state index contributed by atoms with van der Waals surface area (Å²) in [4.78, 5) is 23.8. The zero-order valence-electron chi connectivity index (χ0n) is 17.3. The van der Waals surface area contributed by atoms with Crippen LogP contribution in [-0.4, -0.2) is 10.7 Å². The molecule has 0 radical (unpaired) electrons. The lowest BCUT2D eigenvalue weighted by Gasteiger charge is -2.10. The SMILES string of the molecule is O=C(c1ccc(Br)cc1)c1ccc(Oc2ccc(OCc3ccccc3)cc2)c([N+](=O)[O-])c1. The summed E-state index contributed by atoms with van der Waals surface area (Å²) < 4.78 is 12.3. The molecule has 4 rings (SSSR count). The third-order valence-corrected chi connectivity index (χ3v) is 5.35. The van der Waals surface area contributed by atoms with E-state index in [9.17, 15) is 14.9 Å². The second-order valence-electron chi connectivity index (χ2n) is 7.12. The van der Waals surface area contributed by atoms with Crippen LogP contribution in [-0.2, 0) is 6.61 Å². The van der Waals surface area contributed by atoms with Crippen molar-refractivity contribution in [2.45, 2.75) is 6.61 Å². The molecule has 6 nitrogen and oxygen atoms in total. The van der Waals surface area contributed by atoms with Crippen LogP contribution in [0.5, 0.6) is 17.2 Å². The third-order valence-electron chi connectivity index (χ3n) is 4.82. The van der Waals surface area contributed by atoms with Crippen LogP contribution in [0.3, 0.4) is 0 Å². The predicted octanol–water partition coefficient (Wildman–Crippen LogP) is 6.96. The van der Waals surface area contributed by atoms with Gasteiger partial charge in [-0.2, -0.15) is 0 Å². The van der Waals surface area contributed by atoms with Gasteiger partial charge in [0.1, 0.15) is 18.1 Å². The Labute approximate surface area is 198 Å². The molecule has 0 N–H and O–H groups in total. The Morgan fingerprint density at radius 1 is 0.818 bits per heavy atom. The molecule has 4 aromatic carbocycles. The highest BCUT2D eigenvalue weighted by atomic mass is 79.9. The molecule has 7 heteroatoms. The van der Waals surface area contributed by atoms with Gasteiger partial charge < -0.3 is 9.47 Å². The van der Waals surface area contributed by atoms with E-state index in [-0.39, 0.29) is 22.8 Å². The van der Waals surface area contributed by atoms with Crippen LogP contribution in [0, 0.1) is 10.1 Å². The molecular weight excluding hydrogens is 486 g/mol. The molecule has 0 bridgehead atoms. The van der Waals surface area contributed by atoms with Crippen molar-refractivity contribution in [1.29, 1.82) is 0 Å². The first-order valence-corrected chi connectivity index (χ1v) is 10.8. The van der Waals surface area contributed by atoms with Gasteiger partial charge in [0.2, 0.25) is 5.75 Å². The number of halogens is 1. The van der Waals surface area contributed by atoms with Gasteiger partial charge >= 0.3 is 5.69 Å². The van der Waals surface area contributed by atoms with Crippen LogP contribution >= 0.6 is 15.9 Å². The van der Waals surface area contributed by atoms with Gasteiger partial charge in [-0.25, -0.2) is 0 Å². The number of ketones is 1. The minimum Gasteiger partial charge on any atom is -0.489 e. The Hall–Kier alpha value is -3.97. The molecule has 0 fully saturated rings. The normalized spacial score (nSPS) is 10.5. The van der Waals surface area contributed by atoms with Gasteiger partial charge in [-0.05, 0) is 66.2 Å². The standard InChI is InChI=1S/C26H18BrNO5/c27-21-9-6-19(7-10-21)26(29)20-8-15-25(24(16-20)28(30)31)33-23-13-11-22(12-14-23)32-17-18-4-2-1-3-5-18/h1-16H,17H2. The van der Waals surface area contributed by atoms with Crippen molar-refractivity contribution >= 4 is 27.4 Å². The van der Waals surface area contributed by atoms with Crippen molar-refractivity contribution in [2.24, 2.45) is 0 Å². The molecule has 0 aliphatic heterocycles. The molecule has 33 heavy (non-hydrogen) atoms. The number of nitro groups is 1. The van der Waals surface area contributed by atoms with Gasteiger partial charge in [0.05, 0.1) is 4.92 Å². The molecule has 0 heterocycles. The van der Waals surface area contributed by atoms with Crippen molar-refractivity contribution in [3.05, 3.63) is 128 Å². The largest absolute Gasteiger partial charge is 0.489 e. The molecule has 0 saturated heterocycles. The molecule has 0 aliphatic rings. The van der Waals surface area contributed by atoms with Gasteiger partial charge in [0, 0.05) is 21.7 Å². The van der Waals surface area contributed by atoms with E-state index in [0.717, 1.165) is 10.0 Å². The number of hydrogen-bond donors (Lipinski definition) is 0. The predicted molar refractivity (Wildman–Crippen MR) is 128 cm³/mol. The van der Waals surface area contributed by atoms with E-state index >= 15 is 0 Å². The number of carbonyl (C=O) groups is 1. The molecule has 0 spiro atoms. The molecule has 0 saturated carbocycles. The van der Waals surface area contributed by atoms with E-state index in [1.165, 1.54) is 18.2 Å². The fourth-order valence-corrected chi connectivity index (χ4v) is 3.39. The van der Waals surface area contributed by atoms with Crippen LogP contribution in [0.25, 0.3) is 0 Å². The number of carbonyl (C=O) groups excluding carboxylic acids is 1. The van der Waals surface area contributed by atoms with E-state index in [1.54, 1.807) is 48.5 Å². The van der Waals surface area contributed by atoms with Gasteiger partial charge in [-0.1, -0.05) is 46.3 Å². The van der Waals surface area contributed by atoms with Crippen LogP contribution in [0.4, 0.5) is 5.69 Å². The summed E-state index contributed by atoms with van der Waals surface area (Å²) in [5.74, 6) is 0.802. The zero-order valence-corrected chi connectivity index (χ0v) is 18.9. The summed E-state index contributed by atoms with van der Waals surface area (Å²) in [5, 5.41) is 11.6. The highest BCUT2D eigenvalue weighted by molar-refractivity contribution is 9.10. The third kappa shape index (κ3) is 5.64. The Morgan fingerprint density at radius 2 is 1.45 bits per heavy atom. The monoisotopic (exact) mass is 503 g/mol. The maximum atomic E-state index is 12.7. The Kier molecular flexibility index (Phi) is 6.80. The first-order valence-electron chi connectivity index (χ1n) is 10.0. The Balaban J connectivity index is 1.48. The van der Waals surface area contributed by atoms with Crippen LogP contribution in [0.2, 0.25) is 0 Å². The minimum atomic E-state index is -0.564. The smallest absolute Gasteiger partial charge is 0.312 e. The van der Waals surface area contributed by atoms with E-state index < -0.39 is 4.92 Å². The second kappa shape index (κ2) is 10.1. The summed E-state index contributed by atoms with van der Waals surface area (Å²) >= 11 is 3.32. The van der Waals surface area contributed by atoms with Crippen LogP contribution < -0.4 is 9.47 Å². The fourth-order valence-electron chi connectivity index (χ4n) is 3.13. The first kappa shape index (κ1) is 22.2. The van der Waals surface area contributed by atoms with Crippen molar-refractivity contribution in [1.82, 2.24) is 0 Å². The van der Waals surface area contributed by atoms with Crippen LogP contribution in [0.1, 0.15) is 21.5 Å². The van der Waals surface area contributed by atoms with E-state index in [4.69, 9.17) is 9.47 Å². The van der Waals surface area contributed by atoms with Gasteiger partial charge in [-0.3, -0.25) is 14.9 Å². The summed E-state index contributed by atoms with van der Waals surface area (Å²) in [6.45, 7) is 0.431. The Bertz CT molecular complexity index is 1270. The summed E-state index contributed by atoms with van der Waals surface area (Å²) in [5.41, 5.74) is 1.40. The molecule has 0 aliphatic carbocycles.